The number of rotatable bonds is 1. The summed E-state index contributed by atoms with van der Waals surface area (Å²) in [6, 6.07) is 43.0. The van der Waals surface area contributed by atoms with Gasteiger partial charge in [0.15, 0.2) is 0 Å². The molecule has 0 amide bonds. The van der Waals surface area contributed by atoms with Crippen molar-refractivity contribution in [3.63, 3.8) is 0 Å². The minimum Gasteiger partial charge on any atom is -0.309 e. The zero-order chi connectivity index (χ0) is 25.2. The molecule has 1 heterocycles. The SMILES string of the molecule is CC1(C)c2ccccc2-c2cc3c(cc21)c1ccccc1n3-c1ccc2c3c(cccc13)-c1ccccc1-2. The lowest BCUT2D eigenvalue weighted by molar-refractivity contribution is 0.661. The number of benzene rings is 6. The second-order valence-electron chi connectivity index (χ2n) is 11.3. The lowest BCUT2D eigenvalue weighted by Gasteiger charge is -2.21. The molecule has 1 aromatic heterocycles. The summed E-state index contributed by atoms with van der Waals surface area (Å²) >= 11 is 0. The fourth-order valence-corrected chi connectivity index (χ4v) is 7.41. The minimum absolute atomic E-state index is 0.0168. The van der Waals surface area contributed by atoms with Gasteiger partial charge in [0.25, 0.3) is 0 Å². The second kappa shape index (κ2) is 6.82. The van der Waals surface area contributed by atoms with Gasteiger partial charge in [-0.25, -0.2) is 0 Å². The first-order chi connectivity index (χ1) is 18.6. The van der Waals surface area contributed by atoms with Crippen molar-refractivity contribution in [2.45, 2.75) is 19.3 Å². The van der Waals surface area contributed by atoms with Gasteiger partial charge in [0.1, 0.15) is 0 Å². The standard InChI is InChI=1S/C37H25N/c1-37(2)31-16-7-5-12-24(31)29-21-35-30(20-32(29)37)25-13-6-8-17-33(25)38(35)34-19-18-27-23-11-4-3-10-22(23)26-14-9-15-28(34)36(26)27/h3-21H,1-2H3. The molecule has 0 fully saturated rings. The van der Waals surface area contributed by atoms with Gasteiger partial charge in [-0.1, -0.05) is 105 Å². The van der Waals surface area contributed by atoms with Crippen molar-refractivity contribution in [2.24, 2.45) is 0 Å². The summed E-state index contributed by atoms with van der Waals surface area (Å²) < 4.78 is 2.50. The summed E-state index contributed by atoms with van der Waals surface area (Å²) in [6.45, 7) is 4.73. The van der Waals surface area contributed by atoms with Crippen LogP contribution in [-0.2, 0) is 5.41 Å². The molecule has 0 atom stereocenters. The molecule has 2 aliphatic rings. The number of nitrogens with zero attached hydrogens (tertiary/aromatic N) is 1. The lowest BCUT2D eigenvalue weighted by atomic mass is 9.82. The highest BCUT2D eigenvalue weighted by Gasteiger charge is 2.36. The van der Waals surface area contributed by atoms with Crippen molar-refractivity contribution in [3.8, 4) is 39.1 Å². The Kier molecular flexibility index (Phi) is 3.67. The first-order valence-corrected chi connectivity index (χ1v) is 13.5. The third-order valence-corrected chi connectivity index (χ3v) is 9.14. The van der Waals surface area contributed by atoms with E-state index >= 15 is 0 Å². The number of para-hydroxylation sites is 1. The average molecular weight is 484 g/mol. The molecule has 1 heteroatoms. The Morgan fingerprint density at radius 3 is 1.95 bits per heavy atom. The Morgan fingerprint density at radius 2 is 1.11 bits per heavy atom. The number of hydrogen-bond acceptors (Lipinski definition) is 0. The third-order valence-electron chi connectivity index (χ3n) is 9.14. The van der Waals surface area contributed by atoms with Crippen LogP contribution in [0.2, 0.25) is 0 Å². The predicted molar refractivity (Wildman–Crippen MR) is 160 cm³/mol. The van der Waals surface area contributed by atoms with Gasteiger partial charge in [0, 0.05) is 21.6 Å². The molecule has 9 rings (SSSR count). The molecule has 2 aliphatic carbocycles. The maximum absolute atomic E-state index is 2.50. The van der Waals surface area contributed by atoms with Gasteiger partial charge in [0.05, 0.1) is 16.7 Å². The highest BCUT2D eigenvalue weighted by molar-refractivity contribution is 6.19. The topological polar surface area (TPSA) is 4.93 Å². The molecule has 6 aromatic carbocycles. The van der Waals surface area contributed by atoms with E-state index in [-0.39, 0.29) is 5.41 Å². The molecule has 7 aromatic rings. The van der Waals surface area contributed by atoms with E-state index in [1.54, 1.807) is 0 Å². The van der Waals surface area contributed by atoms with E-state index in [9.17, 15) is 0 Å². The quantitative estimate of drug-likeness (QED) is 0.219. The van der Waals surface area contributed by atoms with Crippen LogP contribution in [-0.4, -0.2) is 4.57 Å². The van der Waals surface area contributed by atoms with Crippen LogP contribution in [0, 0.1) is 0 Å². The number of fused-ring (bicyclic) bond motifs is 9. The largest absolute Gasteiger partial charge is 0.309 e. The van der Waals surface area contributed by atoms with Gasteiger partial charge in [-0.15, -0.1) is 0 Å². The summed E-state index contributed by atoms with van der Waals surface area (Å²) in [5.74, 6) is 0. The fourth-order valence-electron chi connectivity index (χ4n) is 7.41. The zero-order valence-corrected chi connectivity index (χ0v) is 21.4. The average Bonchev–Trinajstić information content (AvgIpc) is 3.54. The highest BCUT2D eigenvalue weighted by Crippen LogP contribution is 2.52. The first kappa shape index (κ1) is 20.4. The normalized spacial score (nSPS) is 14.3. The van der Waals surface area contributed by atoms with Crippen molar-refractivity contribution in [1.82, 2.24) is 4.57 Å². The summed E-state index contributed by atoms with van der Waals surface area (Å²) in [4.78, 5) is 0. The van der Waals surface area contributed by atoms with Gasteiger partial charge in [0.2, 0.25) is 0 Å². The highest BCUT2D eigenvalue weighted by atomic mass is 15.0. The molecule has 0 aliphatic heterocycles. The Hall–Kier alpha value is -4.62. The van der Waals surface area contributed by atoms with Crippen LogP contribution in [0.5, 0.6) is 0 Å². The van der Waals surface area contributed by atoms with Crippen molar-refractivity contribution in [1.29, 1.82) is 0 Å². The Labute approximate surface area is 221 Å². The number of aromatic nitrogens is 1. The molecule has 0 radical (unpaired) electrons. The number of hydrogen-bond donors (Lipinski definition) is 0. The van der Waals surface area contributed by atoms with Crippen LogP contribution in [0.3, 0.4) is 0 Å². The van der Waals surface area contributed by atoms with Crippen molar-refractivity contribution in [3.05, 3.63) is 126 Å². The van der Waals surface area contributed by atoms with Gasteiger partial charge in [-0.05, 0) is 74.2 Å². The Balaban J connectivity index is 1.43. The fraction of sp³-hybridized carbons (Fsp3) is 0.0811. The Morgan fingerprint density at radius 1 is 0.447 bits per heavy atom. The summed E-state index contributed by atoms with van der Waals surface area (Å²) in [6.07, 6.45) is 0. The van der Waals surface area contributed by atoms with Crippen molar-refractivity contribution >= 4 is 32.6 Å². The van der Waals surface area contributed by atoms with Crippen LogP contribution in [0.25, 0.3) is 71.6 Å². The maximum atomic E-state index is 2.50. The van der Waals surface area contributed by atoms with Crippen LogP contribution in [0.4, 0.5) is 0 Å². The van der Waals surface area contributed by atoms with Crippen LogP contribution in [0.15, 0.2) is 115 Å². The Bertz CT molecular complexity index is 2130. The molecule has 178 valence electrons. The molecule has 0 saturated heterocycles. The lowest BCUT2D eigenvalue weighted by Crippen LogP contribution is -2.14. The van der Waals surface area contributed by atoms with Crippen LogP contribution in [0.1, 0.15) is 25.0 Å². The van der Waals surface area contributed by atoms with E-state index in [2.05, 4.69) is 134 Å². The molecular formula is C37H25N. The van der Waals surface area contributed by atoms with E-state index in [4.69, 9.17) is 0 Å². The predicted octanol–water partition coefficient (Wildman–Crippen LogP) is 9.89. The smallest absolute Gasteiger partial charge is 0.0547 e. The molecule has 0 bridgehead atoms. The monoisotopic (exact) mass is 483 g/mol. The van der Waals surface area contributed by atoms with Gasteiger partial charge >= 0.3 is 0 Å². The van der Waals surface area contributed by atoms with E-state index in [1.807, 2.05) is 0 Å². The first-order valence-electron chi connectivity index (χ1n) is 13.5. The molecule has 0 saturated carbocycles. The molecule has 0 spiro atoms. The van der Waals surface area contributed by atoms with Crippen LogP contribution >= 0.6 is 0 Å². The molecule has 38 heavy (non-hydrogen) atoms. The van der Waals surface area contributed by atoms with E-state index in [0.717, 1.165) is 0 Å². The minimum atomic E-state index is -0.0168. The molecule has 0 unspecified atom stereocenters. The van der Waals surface area contributed by atoms with E-state index in [0.29, 0.717) is 0 Å². The summed E-state index contributed by atoms with van der Waals surface area (Å²) in [7, 11) is 0. The van der Waals surface area contributed by atoms with Crippen molar-refractivity contribution in [2.75, 3.05) is 0 Å². The van der Waals surface area contributed by atoms with E-state index in [1.165, 1.54) is 82.8 Å². The summed E-state index contributed by atoms with van der Waals surface area (Å²) in [5.41, 5.74) is 14.7. The van der Waals surface area contributed by atoms with Crippen LogP contribution < -0.4 is 0 Å². The maximum Gasteiger partial charge on any atom is 0.0547 e. The van der Waals surface area contributed by atoms with Crippen molar-refractivity contribution < 1.29 is 0 Å². The third kappa shape index (κ3) is 2.33. The molecule has 0 N–H and O–H groups in total. The van der Waals surface area contributed by atoms with Gasteiger partial charge < -0.3 is 4.57 Å². The zero-order valence-electron chi connectivity index (χ0n) is 21.4. The molecular weight excluding hydrogens is 458 g/mol. The summed E-state index contributed by atoms with van der Waals surface area (Å²) in [5, 5.41) is 5.31. The van der Waals surface area contributed by atoms with Gasteiger partial charge in [-0.3, -0.25) is 0 Å². The van der Waals surface area contributed by atoms with Gasteiger partial charge in [-0.2, -0.15) is 0 Å². The second-order valence-corrected chi connectivity index (χ2v) is 11.3. The molecule has 1 nitrogen and oxygen atoms in total. The van der Waals surface area contributed by atoms with E-state index < -0.39 is 0 Å².